The lowest BCUT2D eigenvalue weighted by atomic mass is 10.3. The Morgan fingerprint density at radius 2 is 2.24 bits per heavy atom. The molecule has 0 bridgehead atoms. The monoisotopic (exact) mass is 244 g/mol. The van der Waals surface area contributed by atoms with E-state index < -0.39 is 30.2 Å². The lowest BCUT2D eigenvalue weighted by molar-refractivity contribution is -0.0233. The van der Waals surface area contributed by atoms with E-state index in [1.54, 1.807) is 0 Å². The van der Waals surface area contributed by atoms with Gasteiger partial charge in [-0.1, -0.05) is 0 Å². The minimum atomic E-state index is -1.14. The molecule has 1 fully saturated rings. The maximum atomic E-state index is 11.5. The second-order valence-corrected chi connectivity index (χ2v) is 3.59. The van der Waals surface area contributed by atoms with Crippen molar-refractivity contribution in [2.75, 3.05) is 11.9 Å². The van der Waals surface area contributed by atoms with Gasteiger partial charge in [0.15, 0.2) is 12.3 Å². The second-order valence-electron chi connectivity index (χ2n) is 3.59. The number of nitrogens with zero attached hydrogens (tertiary/aromatic N) is 2. The Balaban J connectivity index is 2.34. The van der Waals surface area contributed by atoms with Crippen LogP contribution in [0.25, 0.3) is 0 Å². The van der Waals surface area contributed by atoms with E-state index in [4.69, 9.17) is 9.94 Å². The van der Waals surface area contributed by atoms with E-state index >= 15 is 0 Å². The molecule has 1 saturated heterocycles. The standard InChI is InChI=1S/C8H12N4O5/c1-4-2-11(8(16)9-6(4)14)12-10-7(15)5(3-13)17-12/h2,5,7,10,13,15H,3H2,1H3,(H,9,14,16)/t5-,7-/m1/s1. The Bertz CT molecular complexity index is 523. The summed E-state index contributed by atoms with van der Waals surface area (Å²) in [6, 6.07) is 0. The lowest BCUT2D eigenvalue weighted by Gasteiger charge is -2.17. The van der Waals surface area contributed by atoms with Crippen LogP contribution >= 0.6 is 0 Å². The number of aliphatic hydroxyl groups excluding tert-OH is 2. The van der Waals surface area contributed by atoms with Crippen LogP contribution in [0.15, 0.2) is 15.8 Å². The summed E-state index contributed by atoms with van der Waals surface area (Å²) in [7, 11) is 0. The van der Waals surface area contributed by atoms with Crippen LogP contribution in [0, 0.1) is 6.92 Å². The van der Waals surface area contributed by atoms with E-state index in [1.807, 2.05) is 0 Å². The third kappa shape index (κ3) is 2.08. The highest BCUT2D eigenvalue weighted by Crippen LogP contribution is 2.06. The first-order valence-corrected chi connectivity index (χ1v) is 4.88. The Labute approximate surface area is 94.8 Å². The molecule has 4 N–H and O–H groups in total. The van der Waals surface area contributed by atoms with Crippen LogP contribution in [0.5, 0.6) is 0 Å². The normalized spacial score (nSPS) is 24.3. The number of aromatic amines is 1. The van der Waals surface area contributed by atoms with Gasteiger partial charge < -0.3 is 10.2 Å². The zero-order chi connectivity index (χ0) is 12.6. The fraction of sp³-hybridized carbons (Fsp3) is 0.500. The number of rotatable bonds is 2. The summed E-state index contributed by atoms with van der Waals surface area (Å²) in [4.78, 5) is 29.8. The Hall–Kier alpha value is -1.68. The largest absolute Gasteiger partial charge is 0.393 e. The second kappa shape index (κ2) is 4.30. The SMILES string of the molecule is Cc1cn(N2N[C@H](O)[C@@H](CO)O2)c(=O)[nH]c1=O. The fourth-order valence-electron chi connectivity index (χ4n) is 1.35. The molecule has 2 atom stereocenters. The number of nitrogens with one attached hydrogen (secondary N) is 2. The van der Waals surface area contributed by atoms with Crippen molar-refractivity contribution in [1.29, 1.82) is 0 Å². The van der Waals surface area contributed by atoms with Gasteiger partial charge in [0.1, 0.15) is 0 Å². The number of H-pyrrole nitrogens is 1. The van der Waals surface area contributed by atoms with Crippen molar-refractivity contribution in [2.24, 2.45) is 0 Å². The predicted octanol–water partition coefficient (Wildman–Crippen LogP) is -3.09. The molecule has 1 aliphatic heterocycles. The molecule has 0 amide bonds. The third-order valence-electron chi connectivity index (χ3n) is 2.31. The quantitative estimate of drug-likeness (QED) is 0.435. The number of hydrogen-bond acceptors (Lipinski definition) is 7. The number of aryl methyl sites for hydroxylation is 1. The van der Waals surface area contributed by atoms with Crippen molar-refractivity contribution in [1.82, 2.24) is 15.1 Å². The molecule has 2 heterocycles. The van der Waals surface area contributed by atoms with Crippen molar-refractivity contribution >= 4 is 0 Å². The van der Waals surface area contributed by atoms with Gasteiger partial charge in [-0.05, 0) is 6.92 Å². The van der Waals surface area contributed by atoms with E-state index in [1.165, 1.54) is 13.1 Å². The van der Waals surface area contributed by atoms with Gasteiger partial charge in [0, 0.05) is 11.8 Å². The summed E-state index contributed by atoms with van der Waals surface area (Å²) >= 11 is 0. The molecule has 0 aromatic carbocycles. The molecule has 1 aromatic heterocycles. The molecule has 0 unspecified atom stereocenters. The van der Waals surface area contributed by atoms with Crippen molar-refractivity contribution in [3.8, 4) is 0 Å². The number of aromatic nitrogens is 2. The molecular formula is C8H12N4O5. The highest BCUT2D eigenvalue weighted by Gasteiger charge is 2.33. The zero-order valence-electron chi connectivity index (χ0n) is 8.95. The molecule has 0 aliphatic carbocycles. The van der Waals surface area contributed by atoms with Crippen molar-refractivity contribution in [3.05, 3.63) is 32.6 Å². The van der Waals surface area contributed by atoms with Gasteiger partial charge in [-0.15, -0.1) is 5.28 Å². The van der Waals surface area contributed by atoms with Crippen LogP contribution in [-0.4, -0.2) is 38.8 Å². The van der Waals surface area contributed by atoms with E-state index in [0.717, 1.165) is 9.96 Å². The fourth-order valence-corrected chi connectivity index (χ4v) is 1.35. The van der Waals surface area contributed by atoms with Crippen LogP contribution in [0.3, 0.4) is 0 Å². The van der Waals surface area contributed by atoms with Crippen LogP contribution in [0.4, 0.5) is 0 Å². The molecule has 0 saturated carbocycles. The molecule has 0 spiro atoms. The minimum absolute atomic E-state index is 0.303. The Kier molecular flexibility index (Phi) is 2.98. The number of hydrogen-bond donors (Lipinski definition) is 4. The molecule has 1 aliphatic rings. The van der Waals surface area contributed by atoms with Crippen LogP contribution in [0.2, 0.25) is 0 Å². The summed E-state index contributed by atoms with van der Waals surface area (Å²) in [6.07, 6.45) is -0.769. The first-order valence-electron chi connectivity index (χ1n) is 4.88. The van der Waals surface area contributed by atoms with Crippen LogP contribution < -0.4 is 22.0 Å². The summed E-state index contributed by atoms with van der Waals surface area (Å²) in [5.74, 6) is 0. The summed E-state index contributed by atoms with van der Waals surface area (Å²) in [5.41, 5.74) is 1.49. The molecule has 94 valence electrons. The highest BCUT2D eigenvalue weighted by atomic mass is 16.8. The van der Waals surface area contributed by atoms with Gasteiger partial charge in [-0.3, -0.25) is 9.78 Å². The highest BCUT2D eigenvalue weighted by molar-refractivity contribution is 5.02. The average molecular weight is 244 g/mol. The summed E-state index contributed by atoms with van der Waals surface area (Å²) in [5, 5.41) is 19.1. The van der Waals surface area contributed by atoms with Gasteiger partial charge in [-0.25, -0.2) is 9.63 Å². The number of aliphatic hydroxyl groups is 2. The molecule has 0 radical (unpaired) electrons. The van der Waals surface area contributed by atoms with Crippen LogP contribution in [-0.2, 0) is 4.84 Å². The maximum absolute atomic E-state index is 11.5. The molecule has 2 rings (SSSR count). The van der Waals surface area contributed by atoms with Crippen molar-refractivity contribution in [3.63, 3.8) is 0 Å². The summed E-state index contributed by atoms with van der Waals surface area (Å²) in [6.45, 7) is 1.10. The van der Waals surface area contributed by atoms with Gasteiger partial charge in [0.25, 0.3) is 5.56 Å². The van der Waals surface area contributed by atoms with Gasteiger partial charge >= 0.3 is 5.69 Å². The first-order chi connectivity index (χ1) is 8.02. The zero-order valence-corrected chi connectivity index (χ0v) is 8.95. The first kappa shape index (κ1) is 11.8. The maximum Gasteiger partial charge on any atom is 0.350 e. The van der Waals surface area contributed by atoms with Gasteiger partial charge in [-0.2, -0.15) is 10.1 Å². The third-order valence-corrected chi connectivity index (χ3v) is 2.31. The predicted molar refractivity (Wildman–Crippen MR) is 55.4 cm³/mol. The molecule has 17 heavy (non-hydrogen) atoms. The van der Waals surface area contributed by atoms with E-state index in [9.17, 15) is 14.7 Å². The smallest absolute Gasteiger partial charge is 0.350 e. The van der Waals surface area contributed by atoms with Gasteiger partial charge in [0.2, 0.25) is 0 Å². The van der Waals surface area contributed by atoms with Crippen molar-refractivity contribution in [2.45, 2.75) is 19.3 Å². The van der Waals surface area contributed by atoms with Crippen LogP contribution in [0.1, 0.15) is 5.56 Å². The van der Waals surface area contributed by atoms with Gasteiger partial charge in [0.05, 0.1) is 6.61 Å². The molecular weight excluding hydrogens is 232 g/mol. The minimum Gasteiger partial charge on any atom is -0.393 e. The Morgan fingerprint density at radius 3 is 2.82 bits per heavy atom. The van der Waals surface area contributed by atoms with Crippen molar-refractivity contribution < 1.29 is 15.1 Å². The summed E-state index contributed by atoms with van der Waals surface area (Å²) < 4.78 is 0.940. The molecule has 9 nitrogen and oxygen atoms in total. The number of hydrazine groups is 1. The lowest BCUT2D eigenvalue weighted by Crippen LogP contribution is -2.50. The molecule has 9 heteroatoms. The Morgan fingerprint density at radius 1 is 1.53 bits per heavy atom. The van der Waals surface area contributed by atoms with E-state index in [0.29, 0.717) is 5.56 Å². The average Bonchev–Trinajstić information content (AvgIpc) is 2.65. The topological polar surface area (TPSA) is 120 Å². The molecule has 1 aromatic rings. The van der Waals surface area contributed by atoms with E-state index in [2.05, 4.69) is 10.4 Å². The van der Waals surface area contributed by atoms with E-state index in [-0.39, 0.29) is 0 Å².